The number of imidazole rings is 1. The van der Waals surface area contributed by atoms with Crippen LogP contribution >= 0.6 is 0 Å². The average molecular weight is 392 g/mol. The predicted molar refractivity (Wildman–Crippen MR) is 116 cm³/mol. The average Bonchev–Trinajstić information content (AvgIpc) is 3.04. The SMILES string of the molecule is Cn1c(=O)n(-c2ccc(C#N)cc2)c2c3cc(-c4ccc(N)nc4)ccc3ncc21. The fourth-order valence-corrected chi connectivity index (χ4v) is 3.68. The fraction of sp³-hybridized carbons (Fsp3) is 0.0435. The second kappa shape index (κ2) is 6.57. The second-order valence-electron chi connectivity index (χ2n) is 7.03. The number of nitrogen functional groups attached to an aromatic ring is 1. The van der Waals surface area contributed by atoms with Gasteiger partial charge in [0.1, 0.15) is 5.82 Å². The molecule has 0 fully saturated rings. The van der Waals surface area contributed by atoms with Crippen LogP contribution in [0, 0.1) is 11.3 Å². The third-order valence-electron chi connectivity index (χ3n) is 5.26. The lowest BCUT2D eigenvalue weighted by Gasteiger charge is -2.08. The Balaban J connectivity index is 1.84. The molecule has 0 bridgehead atoms. The molecule has 0 saturated heterocycles. The summed E-state index contributed by atoms with van der Waals surface area (Å²) in [5.41, 5.74) is 10.9. The first-order valence-corrected chi connectivity index (χ1v) is 9.29. The van der Waals surface area contributed by atoms with Crippen LogP contribution in [-0.4, -0.2) is 19.1 Å². The maximum absolute atomic E-state index is 13.1. The number of anilines is 1. The molecule has 2 N–H and O–H groups in total. The van der Waals surface area contributed by atoms with Crippen LogP contribution in [0.1, 0.15) is 5.56 Å². The molecule has 5 aromatic rings. The van der Waals surface area contributed by atoms with Gasteiger partial charge in [0.25, 0.3) is 0 Å². The minimum atomic E-state index is -0.177. The van der Waals surface area contributed by atoms with Crippen LogP contribution in [0.5, 0.6) is 0 Å². The Morgan fingerprint density at radius 2 is 1.73 bits per heavy atom. The molecule has 7 heteroatoms. The number of nitrogens with two attached hydrogens (primary N) is 1. The molecule has 5 rings (SSSR count). The van der Waals surface area contributed by atoms with E-state index in [-0.39, 0.29) is 5.69 Å². The predicted octanol–water partition coefficient (Wildman–Crippen LogP) is 3.39. The largest absolute Gasteiger partial charge is 0.384 e. The van der Waals surface area contributed by atoms with Crippen LogP contribution in [-0.2, 0) is 7.05 Å². The zero-order valence-electron chi connectivity index (χ0n) is 16.1. The number of hydrogen-bond donors (Lipinski definition) is 1. The van der Waals surface area contributed by atoms with Gasteiger partial charge in [-0.2, -0.15) is 5.26 Å². The monoisotopic (exact) mass is 392 g/mol. The van der Waals surface area contributed by atoms with E-state index in [4.69, 9.17) is 11.0 Å². The van der Waals surface area contributed by atoms with E-state index in [2.05, 4.69) is 16.0 Å². The number of nitriles is 1. The molecule has 3 aromatic heterocycles. The summed E-state index contributed by atoms with van der Waals surface area (Å²) in [4.78, 5) is 21.8. The number of benzene rings is 2. The molecule has 0 aliphatic heterocycles. The third-order valence-corrected chi connectivity index (χ3v) is 5.26. The quantitative estimate of drug-likeness (QED) is 0.496. The van der Waals surface area contributed by atoms with Crippen molar-refractivity contribution in [3.63, 3.8) is 0 Å². The summed E-state index contributed by atoms with van der Waals surface area (Å²) in [6.45, 7) is 0. The van der Waals surface area contributed by atoms with Gasteiger partial charge in [0.05, 0.1) is 40.1 Å². The zero-order chi connectivity index (χ0) is 20.8. The molecular weight excluding hydrogens is 376 g/mol. The van der Waals surface area contributed by atoms with Crippen LogP contribution in [0.2, 0.25) is 0 Å². The van der Waals surface area contributed by atoms with Crippen molar-refractivity contribution in [3.8, 4) is 22.9 Å². The zero-order valence-corrected chi connectivity index (χ0v) is 16.1. The summed E-state index contributed by atoms with van der Waals surface area (Å²) in [6.07, 6.45) is 3.44. The lowest BCUT2D eigenvalue weighted by molar-refractivity contribution is 0.846. The molecule has 0 atom stereocenters. The highest BCUT2D eigenvalue weighted by molar-refractivity contribution is 6.04. The normalized spacial score (nSPS) is 11.1. The Morgan fingerprint density at radius 3 is 2.43 bits per heavy atom. The topological polar surface area (TPSA) is 103 Å². The van der Waals surface area contributed by atoms with Crippen LogP contribution in [0.25, 0.3) is 38.8 Å². The van der Waals surface area contributed by atoms with Gasteiger partial charge in [0, 0.05) is 24.2 Å². The molecule has 2 aromatic carbocycles. The number of fused-ring (bicyclic) bond motifs is 3. The van der Waals surface area contributed by atoms with Gasteiger partial charge in [-0.1, -0.05) is 6.07 Å². The first kappa shape index (κ1) is 17.6. The van der Waals surface area contributed by atoms with E-state index in [0.717, 1.165) is 33.1 Å². The Morgan fingerprint density at radius 1 is 0.967 bits per heavy atom. The van der Waals surface area contributed by atoms with E-state index in [1.165, 1.54) is 0 Å². The van der Waals surface area contributed by atoms with Crippen molar-refractivity contribution < 1.29 is 0 Å². The highest BCUT2D eigenvalue weighted by atomic mass is 16.1. The number of aromatic nitrogens is 4. The summed E-state index contributed by atoms with van der Waals surface area (Å²) in [5.74, 6) is 0.460. The number of pyridine rings is 2. The molecule has 0 unspecified atom stereocenters. The number of aryl methyl sites for hydroxylation is 1. The molecule has 0 spiro atoms. The van der Waals surface area contributed by atoms with Gasteiger partial charge >= 0.3 is 5.69 Å². The van der Waals surface area contributed by atoms with E-state index in [0.29, 0.717) is 17.1 Å². The van der Waals surface area contributed by atoms with E-state index in [9.17, 15) is 4.79 Å². The van der Waals surface area contributed by atoms with E-state index >= 15 is 0 Å². The van der Waals surface area contributed by atoms with Gasteiger partial charge in [0.15, 0.2) is 0 Å². The summed E-state index contributed by atoms with van der Waals surface area (Å²) in [7, 11) is 1.73. The van der Waals surface area contributed by atoms with E-state index < -0.39 is 0 Å². The first-order valence-electron chi connectivity index (χ1n) is 9.29. The van der Waals surface area contributed by atoms with Crippen molar-refractivity contribution in [1.82, 2.24) is 19.1 Å². The van der Waals surface area contributed by atoms with Gasteiger partial charge in [-0.25, -0.2) is 9.78 Å². The maximum atomic E-state index is 13.1. The van der Waals surface area contributed by atoms with Crippen molar-refractivity contribution in [3.05, 3.63) is 83.0 Å². The van der Waals surface area contributed by atoms with Gasteiger partial charge < -0.3 is 5.73 Å². The lowest BCUT2D eigenvalue weighted by atomic mass is 10.0. The molecule has 3 heterocycles. The minimum absolute atomic E-state index is 0.177. The molecular formula is C23H16N6O. The Hall–Kier alpha value is -4.44. The number of nitrogens with zero attached hydrogens (tertiary/aromatic N) is 5. The van der Waals surface area contributed by atoms with Crippen molar-refractivity contribution in [2.75, 3.05) is 5.73 Å². The Bertz CT molecular complexity index is 1520. The van der Waals surface area contributed by atoms with Crippen LogP contribution in [0.15, 0.2) is 71.8 Å². The highest BCUT2D eigenvalue weighted by Gasteiger charge is 2.16. The Kier molecular flexibility index (Phi) is 3.86. The molecule has 0 amide bonds. The van der Waals surface area contributed by atoms with Gasteiger partial charge in [-0.05, 0) is 54.1 Å². The molecule has 0 radical (unpaired) electrons. The van der Waals surface area contributed by atoms with Crippen molar-refractivity contribution in [2.24, 2.45) is 7.05 Å². The third kappa shape index (κ3) is 2.63. The van der Waals surface area contributed by atoms with Crippen LogP contribution < -0.4 is 11.4 Å². The van der Waals surface area contributed by atoms with Crippen molar-refractivity contribution >= 4 is 27.8 Å². The smallest absolute Gasteiger partial charge is 0.333 e. The van der Waals surface area contributed by atoms with E-state index in [1.807, 2.05) is 24.3 Å². The van der Waals surface area contributed by atoms with Gasteiger partial charge in [0.2, 0.25) is 0 Å². The molecule has 0 aliphatic carbocycles. The standard InChI is InChI=1S/C23H16N6O/c1-28-20-13-26-19-8-4-15(16-5-9-21(25)27-12-16)10-18(19)22(20)29(23(28)30)17-6-2-14(11-24)3-7-17/h2-10,12-13H,1H3,(H2,25,27). The fourth-order valence-electron chi connectivity index (χ4n) is 3.68. The van der Waals surface area contributed by atoms with Crippen LogP contribution in [0.4, 0.5) is 5.82 Å². The molecule has 0 saturated carbocycles. The minimum Gasteiger partial charge on any atom is -0.384 e. The van der Waals surface area contributed by atoms with Gasteiger partial charge in [-0.3, -0.25) is 14.1 Å². The van der Waals surface area contributed by atoms with Crippen LogP contribution in [0.3, 0.4) is 0 Å². The molecule has 30 heavy (non-hydrogen) atoms. The van der Waals surface area contributed by atoms with E-state index in [1.54, 1.807) is 58.9 Å². The molecule has 7 nitrogen and oxygen atoms in total. The molecule has 0 aliphatic rings. The maximum Gasteiger partial charge on any atom is 0.333 e. The molecule has 144 valence electrons. The first-order chi connectivity index (χ1) is 14.6. The second-order valence-corrected chi connectivity index (χ2v) is 7.03. The Labute approximate surface area is 171 Å². The summed E-state index contributed by atoms with van der Waals surface area (Å²) in [6, 6.07) is 18.7. The lowest BCUT2D eigenvalue weighted by Crippen LogP contribution is -2.20. The number of hydrogen-bond acceptors (Lipinski definition) is 5. The summed E-state index contributed by atoms with van der Waals surface area (Å²) >= 11 is 0. The number of rotatable bonds is 2. The summed E-state index contributed by atoms with van der Waals surface area (Å²) < 4.78 is 3.24. The van der Waals surface area contributed by atoms with Gasteiger partial charge in [-0.15, -0.1) is 0 Å². The highest BCUT2D eigenvalue weighted by Crippen LogP contribution is 2.29. The van der Waals surface area contributed by atoms with Crippen molar-refractivity contribution in [1.29, 1.82) is 5.26 Å². The van der Waals surface area contributed by atoms with Crippen molar-refractivity contribution in [2.45, 2.75) is 0 Å². The summed E-state index contributed by atoms with van der Waals surface area (Å²) in [5, 5.41) is 9.93.